The number of nitrogens with one attached hydrogen (secondary N) is 1. The number of aromatic nitrogens is 3. The molecule has 106 valence electrons. The largest absolute Gasteiger partial charge is 0.354 e. The van der Waals surface area contributed by atoms with E-state index in [0.29, 0.717) is 5.95 Å². The lowest BCUT2D eigenvalue weighted by molar-refractivity contribution is 0.984. The minimum atomic E-state index is 0.673. The van der Waals surface area contributed by atoms with Gasteiger partial charge >= 0.3 is 0 Å². The van der Waals surface area contributed by atoms with Gasteiger partial charge in [0.05, 0.1) is 10.7 Å². The maximum Gasteiger partial charge on any atom is 0.222 e. The molecule has 2 heterocycles. The molecule has 0 saturated carbocycles. The molecule has 0 spiro atoms. The Bertz CT molecular complexity index is 692. The molecule has 0 saturated heterocycles. The Morgan fingerprint density at radius 1 is 1.10 bits per heavy atom. The predicted octanol–water partition coefficient (Wildman–Crippen LogP) is 3.56. The number of thiazole rings is 1. The van der Waals surface area contributed by atoms with E-state index in [4.69, 9.17) is 0 Å². The van der Waals surface area contributed by atoms with Gasteiger partial charge in [0.25, 0.3) is 0 Å². The second-order valence-electron chi connectivity index (χ2n) is 4.70. The quantitative estimate of drug-likeness (QED) is 0.782. The molecular formula is C16H16N4S. The number of benzene rings is 1. The zero-order valence-electron chi connectivity index (χ0n) is 11.8. The highest BCUT2D eigenvalue weighted by Crippen LogP contribution is 2.21. The van der Waals surface area contributed by atoms with Crippen LogP contribution in [-0.4, -0.2) is 21.5 Å². The maximum absolute atomic E-state index is 4.50. The minimum absolute atomic E-state index is 0.673. The molecule has 0 radical (unpaired) electrons. The molecule has 0 bridgehead atoms. The third kappa shape index (κ3) is 3.64. The van der Waals surface area contributed by atoms with Gasteiger partial charge in [0.15, 0.2) is 0 Å². The van der Waals surface area contributed by atoms with Gasteiger partial charge in [-0.1, -0.05) is 24.3 Å². The second-order valence-corrected chi connectivity index (χ2v) is 5.76. The van der Waals surface area contributed by atoms with Crippen LogP contribution in [0, 0.1) is 6.92 Å². The van der Waals surface area contributed by atoms with E-state index in [1.54, 1.807) is 23.7 Å². The summed E-state index contributed by atoms with van der Waals surface area (Å²) in [5.74, 6) is 0.673. The molecule has 0 atom stereocenters. The first-order chi connectivity index (χ1) is 10.3. The fraction of sp³-hybridized carbons (Fsp3) is 0.188. The zero-order chi connectivity index (χ0) is 14.5. The molecule has 0 unspecified atom stereocenters. The van der Waals surface area contributed by atoms with Gasteiger partial charge in [-0.2, -0.15) is 0 Å². The lowest BCUT2D eigenvalue weighted by Gasteiger charge is -2.05. The Morgan fingerprint density at radius 3 is 2.52 bits per heavy atom. The average Bonchev–Trinajstić information content (AvgIpc) is 2.96. The number of aryl methyl sites for hydroxylation is 1. The molecule has 0 amide bonds. The summed E-state index contributed by atoms with van der Waals surface area (Å²) in [6.07, 6.45) is 4.41. The monoisotopic (exact) mass is 296 g/mol. The third-order valence-electron chi connectivity index (χ3n) is 3.13. The van der Waals surface area contributed by atoms with Crippen LogP contribution in [0.25, 0.3) is 11.3 Å². The van der Waals surface area contributed by atoms with Crippen LogP contribution in [0.2, 0.25) is 0 Å². The molecule has 1 N–H and O–H groups in total. The van der Waals surface area contributed by atoms with Crippen LogP contribution in [0.1, 0.15) is 10.6 Å². The summed E-state index contributed by atoms with van der Waals surface area (Å²) in [7, 11) is 0. The van der Waals surface area contributed by atoms with Gasteiger partial charge in [0.2, 0.25) is 5.95 Å². The van der Waals surface area contributed by atoms with E-state index >= 15 is 0 Å². The van der Waals surface area contributed by atoms with Crippen LogP contribution in [0.4, 0.5) is 5.95 Å². The Labute approximate surface area is 127 Å². The van der Waals surface area contributed by atoms with Gasteiger partial charge < -0.3 is 5.32 Å². The molecule has 0 fully saturated rings. The molecule has 5 heteroatoms. The summed E-state index contributed by atoms with van der Waals surface area (Å²) in [6, 6.07) is 10.4. The Morgan fingerprint density at radius 2 is 1.86 bits per heavy atom. The van der Waals surface area contributed by atoms with Gasteiger partial charge in [0, 0.05) is 29.9 Å². The Balaban J connectivity index is 1.57. The van der Waals surface area contributed by atoms with Crippen molar-refractivity contribution in [3.8, 4) is 11.3 Å². The van der Waals surface area contributed by atoms with E-state index in [1.807, 2.05) is 13.0 Å². The molecule has 0 aliphatic carbocycles. The maximum atomic E-state index is 4.50. The highest BCUT2D eigenvalue weighted by molar-refractivity contribution is 7.09. The first kappa shape index (κ1) is 13.7. The van der Waals surface area contributed by atoms with Crippen molar-refractivity contribution in [3.05, 3.63) is 58.7 Å². The second kappa shape index (κ2) is 6.45. The van der Waals surface area contributed by atoms with Crippen molar-refractivity contribution >= 4 is 17.3 Å². The standard InChI is InChI=1S/C16H16N4S/c1-12-20-15(11-21-12)14-5-3-13(4-6-14)7-10-19-16-17-8-2-9-18-16/h2-6,8-9,11H,7,10H2,1H3,(H,17,18,19). The summed E-state index contributed by atoms with van der Waals surface area (Å²) in [6.45, 7) is 2.85. The average molecular weight is 296 g/mol. The SMILES string of the molecule is Cc1nc(-c2ccc(CCNc3ncccn3)cc2)cs1. The summed E-state index contributed by atoms with van der Waals surface area (Å²) in [4.78, 5) is 12.8. The number of anilines is 1. The van der Waals surface area contributed by atoms with Crippen molar-refractivity contribution in [2.75, 3.05) is 11.9 Å². The van der Waals surface area contributed by atoms with Gasteiger partial charge in [-0.15, -0.1) is 11.3 Å². The fourth-order valence-electron chi connectivity index (χ4n) is 2.05. The summed E-state index contributed by atoms with van der Waals surface area (Å²) in [5, 5.41) is 6.40. The van der Waals surface area contributed by atoms with Crippen molar-refractivity contribution < 1.29 is 0 Å². The van der Waals surface area contributed by atoms with E-state index in [2.05, 4.69) is 49.9 Å². The summed E-state index contributed by atoms with van der Waals surface area (Å²) in [5.41, 5.74) is 3.51. The van der Waals surface area contributed by atoms with E-state index in [0.717, 1.165) is 23.7 Å². The molecule has 0 aliphatic rings. The van der Waals surface area contributed by atoms with Crippen molar-refractivity contribution in [1.82, 2.24) is 15.0 Å². The highest BCUT2D eigenvalue weighted by Gasteiger charge is 2.02. The topological polar surface area (TPSA) is 50.7 Å². The van der Waals surface area contributed by atoms with Gasteiger partial charge in [-0.3, -0.25) is 0 Å². The van der Waals surface area contributed by atoms with Crippen molar-refractivity contribution in [2.24, 2.45) is 0 Å². The molecule has 4 nitrogen and oxygen atoms in total. The number of hydrogen-bond donors (Lipinski definition) is 1. The number of nitrogens with zero attached hydrogens (tertiary/aromatic N) is 3. The van der Waals surface area contributed by atoms with Crippen molar-refractivity contribution in [2.45, 2.75) is 13.3 Å². The molecule has 0 aliphatic heterocycles. The summed E-state index contributed by atoms with van der Waals surface area (Å²) >= 11 is 1.68. The smallest absolute Gasteiger partial charge is 0.222 e. The predicted molar refractivity (Wildman–Crippen MR) is 86.5 cm³/mol. The molecule has 3 aromatic rings. The Kier molecular flexibility index (Phi) is 4.21. The Hall–Kier alpha value is -2.27. The molecule has 21 heavy (non-hydrogen) atoms. The van der Waals surface area contributed by atoms with Crippen LogP contribution in [0.3, 0.4) is 0 Å². The molecule has 3 rings (SSSR count). The van der Waals surface area contributed by atoms with Crippen LogP contribution < -0.4 is 5.32 Å². The van der Waals surface area contributed by atoms with Crippen LogP contribution in [-0.2, 0) is 6.42 Å². The molecule has 1 aromatic carbocycles. The highest BCUT2D eigenvalue weighted by atomic mass is 32.1. The van der Waals surface area contributed by atoms with Crippen molar-refractivity contribution in [3.63, 3.8) is 0 Å². The lowest BCUT2D eigenvalue weighted by Crippen LogP contribution is -2.07. The van der Waals surface area contributed by atoms with E-state index in [-0.39, 0.29) is 0 Å². The van der Waals surface area contributed by atoms with E-state index in [1.165, 1.54) is 11.1 Å². The number of rotatable bonds is 5. The van der Waals surface area contributed by atoms with Crippen LogP contribution in [0.5, 0.6) is 0 Å². The number of hydrogen-bond acceptors (Lipinski definition) is 5. The normalized spacial score (nSPS) is 10.5. The first-order valence-corrected chi connectivity index (χ1v) is 7.71. The zero-order valence-corrected chi connectivity index (χ0v) is 12.6. The third-order valence-corrected chi connectivity index (χ3v) is 3.90. The van der Waals surface area contributed by atoms with E-state index in [9.17, 15) is 0 Å². The fourth-order valence-corrected chi connectivity index (χ4v) is 2.67. The molecule has 2 aromatic heterocycles. The van der Waals surface area contributed by atoms with Gasteiger partial charge in [0.1, 0.15) is 0 Å². The van der Waals surface area contributed by atoms with Crippen LogP contribution in [0.15, 0.2) is 48.1 Å². The lowest BCUT2D eigenvalue weighted by atomic mass is 10.1. The molecular weight excluding hydrogens is 280 g/mol. The van der Waals surface area contributed by atoms with Gasteiger partial charge in [-0.05, 0) is 25.0 Å². The van der Waals surface area contributed by atoms with Crippen molar-refractivity contribution in [1.29, 1.82) is 0 Å². The van der Waals surface area contributed by atoms with E-state index < -0.39 is 0 Å². The van der Waals surface area contributed by atoms with Gasteiger partial charge in [-0.25, -0.2) is 15.0 Å². The minimum Gasteiger partial charge on any atom is -0.354 e. The van der Waals surface area contributed by atoms with Crippen LogP contribution >= 0.6 is 11.3 Å². The first-order valence-electron chi connectivity index (χ1n) is 6.83. The summed E-state index contributed by atoms with van der Waals surface area (Å²) < 4.78 is 0.